The molecule has 9 heteroatoms. The Kier molecular flexibility index (Phi) is 6.12. The molecule has 3 aromatic rings. The summed E-state index contributed by atoms with van der Waals surface area (Å²) < 4.78 is 5.17. The summed E-state index contributed by atoms with van der Waals surface area (Å²) in [6.45, 7) is -0.626. The molecule has 2 aromatic carbocycles. The topological polar surface area (TPSA) is 111 Å². The Morgan fingerprint density at radius 2 is 1.88 bits per heavy atom. The van der Waals surface area contributed by atoms with E-state index in [1.54, 1.807) is 30.3 Å². The highest BCUT2D eigenvalue weighted by molar-refractivity contribution is 6.42. The summed E-state index contributed by atoms with van der Waals surface area (Å²) in [6, 6.07) is 11.5. The Balaban J connectivity index is 1.74. The number of allylic oxidation sites excluding steroid dienone is 1. The van der Waals surface area contributed by atoms with Crippen molar-refractivity contribution in [2.45, 2.75) is 12.8 Å². The van der Waals surface area contributed by atoms with Crippen LogP contribution in [0.25, 0.3) is 22.6 Å². The van der Waals surface area contributed by atoms with Gasteiger partial charge < -0.3 is 10.5 Å². The molecule has 1 aromatic heterocycles. The number of imide groups is 1. The maximum absolute atomic E-state index is 13.0. The van der Waals surface area contributed by atoms with Crippen LogP contribution in [-0.2, 0) is 16.0 Å². The molecule has 0 aliphatic heterocycles. The summed E-state index contributed by atoms with van der Waals surface area (Å²) in [5.41, 5.74) is 9.15. The fraction of sp³-hybridized carbons (Fsp3) is 0.130. The zero-order valence-corrected chi connectivity index (χ0v) is 18.2. The minimum Gasteiger partial charge on any atom is -0.452 e. The van der Waals surface area contributed by atoms with Crippen LogP contribution in [0.15, 0.2) is 42.5 Å². The van der Waals surface area contributed by atoms with Crippen molar-refractivity contribution in [2.75, 3.05) is 6.61 Å². The number of primary amides is 1. The third-order valence-corrected chi connectivity index (χ3v) is 5.77. The molecule has 1 aliphatic carbocycles. The zero-order chi connectivity index (χ0) is 22.8. The number of carbonyl (C=O) groups is 3. The van der Waals surface area contributed by atoms with Crippen molar-refractivity contribution in [3.8, 4) is 0 Å². The Morgan fingerprint density at radius 1 is 1.09 bits per heavy atom. The second kappa shape index (κ2) is 8.98. The van der Waals surface area contributed by atoms with Crippen molar-refractivity contribution in [1.29, 1.82) is 0 Å². The first-order chi connectivity index (χ1) is 15.3. The van der Waals surface area contributed by atoms with E-state index < -0.39 is 24.5 Å². The van der Waals surface area contributed by atoms with Gasteiger partial charge in [0.15, 0.2) is 6.61 Å². The number of urea groups is 1. The lowest BCUT2D eigenvalue weighted by Gasteiger charge is -2.12. The van der Waals surface area contributed by atoms with Gasteiger partial charge in [-0.25, -0.2) is 14.6 Å². The van der Waals surface area contributed by atoms with Crippen molar-refractivity contribution >= 4 is 63.7 Å². The second-order valence-electron chi connectivity index (χ2n) is 7.16. The normalized spacial score (nSPS) is 13.8. The first-order valence-electron chi connectivity index (χ1n) is 9.67. The number of ether oxygens (including phenoxy) is 1. The van der Waals surface area contributed by atoms with Crippen molar-refractivity contribution in [3.63, 3.8) is 0 Å². The SMILES string of the molecule is NC(=O)NC(=O)COC(=O)c1c2c(nc3ccccc13)C(=Cc1ccc(Cl)c(Cl)c1)CC2. The van der Waals surface area contributed by atoms with Gasteiger partial charge >= 0.3 is 12.0 Å². The molecule has 3 amide bonds. The summed E-state index contributed by atoms with van der Waals surface area (Å²) in [5, 5.41) is 3.41. The summed E-state index contributed by atoms with van der Waals surface area (Å²) >= 11 is 12.1. The number of hydrogen-bond acceptors (Lipinski definition) is 5. The van der Waals surface area contributed by atoms with E-state index in [1.165, 1.54) is 0 Å². The van der Waals surface area contributed by atoms with Crippen molar-refractivity contribution in [1.82, 2.24) is 10.3 Å². The number of amides is 3. The number of benzene rings is 2. The number of pyridine rings is 1. The predicted octanol–water partition coefficient (Wildman–Crippen LogP) is 4.38. The molecule has 0 bridgehead atoms. The molecule has 1 heterocycles. The third-order valence-electron chi connectivity index (χ3n) is 5.03. The average Bonchev–Trinajstić information content (AvgIpc) is 3.14. The van der Waals surface area contributed by atoms with Crippen LogP contribution in [0.2, 0.25) is 10.0 Å². The molecule has 0 saturated carbocycles. The van der Waals surface area contributed by atoms with Crippen LogP contribution in [0.1, 0.15) is 33.6 Å². The Bertz CT molecular complexity index is 1300. The Hall–Kier alpha value is -3.42. The second-order valence-corrected chi connectivity index (χ2v) is 7.98. The highest BCUT2D eigenvalue weighted by Crippen LogP contribution is 2.38. The molecule has 3 N–H and O–H groups in total. The van der Waals surface area contributed by atoms with Crippen LogP contribution >= 0.6 is 23.2 Å². The van der Waals surface area contributed by atoms with E-state index in [4.69, 9.17) is 38.7 Å². The maximum Gasteiger partial charge on any atom is 0.339 e. The number of hydrogen-bond donors (Lipinski definition) is 2. The molecule has 1 aliphatic rings. The van der Waals surface area contributed by atoms with Gasteiger partial charge in [-0.3, -0.25) is 10.1 Å². The molecule has 4 rings (SSSR count). The first-order valence-corrected chi connectivity index (χ1v) is 10.4. The third kappa shape index (κ3) is 4.44. The van der Waals surface area contributed by atoms with Crippen LogP contribution in [0.5, 0.6) is 0 Å². The molecular formula is C23H17Cl2N3O4. The van der Waals surface area contributed by atoms with Gasteiger partial charge in [0, 0.05) is 5.39 Å². The fourth-order valence-corrected chi connectivity index (χ4v) is 4.00. The molecule has 0 atom stereocenters. The molecule has 0 fully saturated rings. The van der Waals surface area contributed by atoms with Crippen molar-refractivity contribution in [3.05, 3.63) is 74.9 Å². The van der Waals surface area contributed by atoms with E-state index in [-0.39, 0.29) is 0 Å². The van der Waals surface area contributed by atoms with E-state index in [0.717, 1.165) is 16.7 Å². The van der Waals surface area contributed by atoms with Crippen molar-refractivity contribution in [2.24, 2.45) is 5.73 Å². The standard InChI is InChI=1S/C23H17Cl2N3O4/c24-16-8-5-12(10-17(16)25)9-13-6-7-15-20(22(30)32-11-19(29)28-23(26)31)14-3-1-2-4-18(14)27-21(13)15/h1-5,8-10H,6-7,11H2,(H3,26,28,29,31). The lowest BCUT2D eigenvalue weighted by molar-refractivity contribution is -0.123. The highest BCUT2D eigenvalue weighted by atomic mass is 35.5. The van der Waals surface area contributed by atoms with Crippen LogP contribution in [0.4, 0.5) is 4.79 Å². The number of fused-ring (bicyclic) bond motifs is 2. The summed E-state index contributed by atoms with van der Waals surface area (Å²) in [7, 11) is 0. The van der Waals surface area contributed by atoms with E-state index in [0.29, 0.717) is 45.0 Å². The van der Waals surface area contributed by atoms with Gasteiger partial charge in [0.25, 0.3) is 5.91 Å². The molecule has 0 spiro atoms. The molecule has 0 radical (unpaired) electrons. The van der Waals surface area contributed by atoms with Gasteiger partial charge in [-0.1, -0.05) is 47.5 Å². The van der Waals surface area contributed by atoms with Crippen LogP contribution in [0, 0.1) is 0 Å². The van der Waals surface area contributed by atoms with Gasteiger partial charge in [0.1, 0.15) is 0 Å². The number of aromatic nitrogens is 1. The van der Waals surface area contributed by atoms with E-state index in [9.17, 15) is 14.4 Å². The average molecular weight is 470 g/mol. The first kappa shape index (κ1) is 21.8. The van der Waals surface area contributed by atoms with Crippen LogP contribution in [0.3, 0.4) is 0 Å². The minimum atomic E-state index is -1.02. The summed E-state index contributed by atoms with van der Waals surface area (Å²) in [6.07, 6.45) is 3.21. The summed E-state index contributed by atoms with van der Waals surface area (Å²) in [5.74, 6) is -1.48. The molecule has 0 saturated heterocycles. The van der Waals surface area contributed by atoms with Crippen molar-refractivity contribution < 1.29 is 19.1 Å². The van der Waals surface area contributed by atoms with E-state index >= 15 is 0 Å². The number of nitrogens with one attached hydrogen (secondary N) is 1. The number of esters is 1. The fourth-order valence-electron chi connectivity index (χ4n) is 3.69. The number of rotatable bonds is 4. The van der Waals surface area contributed by atoms with E-state index in [2.05, 4.69) is 0 Å². The number of nitrogens with two attached hydrogens (primary N) is 1. The van der Waals surface area contributed by atoms with Crippen LogP contribution in [-0.4, -0.2) is 29.5 Å². The lowest BCUT2D eigenvalue weighted by Crippen LogP contribution is -2.37. The number of nitrogens with zero attached hydrogens (tertiary/aromatic N) is 1. The maximum atomic E-state index is 13.0. The predicted molar refractivity (Wildman–Crippen MR) is 122 cm³/mol. The molecule has 32 heavy (non-hydrogen) atoms. The number of carbonyl (C=O) groups excluding carboxylic acids is 3. The molecule has 0 unspecified atom stereocenters. The quantitative estimate of drug-likeness (QED) is 0.550. The van der Waals surface area contributed by atoms with Gasteiger partial charge in [-0.05, 0) is 53.8 Å². The monoisotopic (exact) mass is 469 g/mol. The lowest BCUT2D eigenvalue weighted by atomic mass is 10.0. The Labute approximate surface area is 193 Å². The van der Waals surface area contributed by atoms with Gasteiger partial charge in [0.05, 0.1) is 26.8 Å². The van der Waals surface area contributed by atoms with Gasteiger partial charge in [0.2, 0.25) is 0 Å². The molecule has 162 valence electrons. The zero-order valence-electron chi connectivity index (χ0n) is 16.7. The minimum absolute atomic E-state index is 0.356. The van der Waals surface area contributed by atoms with E-state index in [1.807, 2.05) is 23.5 Å². The number of halogens is 2. The number of para-hydroxylation sites is 1. The smallest absolute Gasteiger partial charge is 0.339 e. The van der Waals surface area contributed by atoms with Gasteiger partial charge in [-0.2, -0.15) is 0 Å². The van der Waals surface area contributed by atoms with Gasteiger partial charge in [-0.15, -0.1) is 0 Å². The largest absolute Gasteiger partial charge is 0.452 e. The van der Waals surface area contributed by atoms with Crippen LogP contribution < -0.4 is 11.1 Å². The highest BCUT2D eigenvalue weighted by Gasteiger charge is 2.28. The Morgan fingerprint density at radius 3 is 2.62 bits per heavy atom. The summed E-state index contributed by atoms with van der Waals surface area (Å²) in [4.78, 5) is 40.2. The molecule has 7 nitrogen and oxygen atoms in total. The molecular weight excluding hydrogens is 453 g/mol.